The van der Waals surface area contributed by atoms with Crippen molar-refractivity contribution in [1.29, 1.82) is 0 Å². The van der Waals surface area contributed by atoms with Crippen molar-refractivity contribution in [2.45, 2.75) is 57.1 Å². The molecule has 0 aromatic heterocycles. The van der Waals surface area contributed by atoms with Gasteiger partial charge in [0.25, 0.3) is 0 Å². The minimum absolute atomic E-state index is 0.142. The largest absolute Gasteiger partial charge is 0.373 e. The maximum Gasteiger partial charge on any atom is 0.0876 e. The van der Waals surface area contributed by atoms with E-state index in [-0.39, 0.29) is 11.6 Å². The molecule has 2 nitrogen and oxygen atoms in total. The van der Waals surface area contributed by atoms with Crippen LogP contribution in [0, 0.1) is 0 Å². The number of nitrogens with one attached hydrogen (secondary N) is 1. The first-order valence-corrected chi connectivity index (χ1v) is 8.64. The molecule has 0 radical (unpaired) electrons. The zero-order chi connectivity index (χ0) is 15.3. The average molecular weight is 330 g/mol. The summed E-state index contributed by atoms with van der Waals surface area (Å²) >= 11 is 12.3. The van der Waals surface area contributed by atoms with Crippen LogP contribution in [0.25, 0.3) is 0 Å². The second kappa shape index (κ2) is 7.82. The van der Waals surface area contributed by atoms with Crippen LogP contribution in [-0.4, -0.2) is 19.3 Å². The third-order valence-corrected chi connectivity index (χ3v) is 5.21. The molecule has 0 spiro atoms. The summed E-state index contributed by atoms with van der Waals surface area (Å²) in [6, 6.07) is 6.04. The average Bonchev–Trinajstić information content (AvgIpc) is 2.70. The first-order valence-electron chi connectivity index (χ1n) is 7.89. The summed E-state index contributed by atoms with van der Waals surface area (Å²) in [6.45, 7) is 2.81. The maximum absolute atomic E-state index is 6.29. The standard InChI is InChI=1S/C17H25Cl2NO/c1-3-21-17(10-6-4-5-7-11-17)16(20-2)13-8-9-14(18)15(19)12-13/h8-9,12,16,20H,3-7,10-11H2,1-2H3. The number of hydrogen-bond donors (Lipinski definition) is 1. The number of rotatable bonds is 5. The van der Waals surface area contributed by atoms with Gasteiger partial charge in [-0.3, -0.25) is 0 Å². The highest BCUT2D eigenvalue weighted by atomic mass is 35.5. The Bertz CT molecular complexity index is 456. The summed E-state index contributed by atoms with van der Waals surface area (Å²) in [4.78, 5) is 0. The lowest BCUT2D eigenvalue weighted by Gasteiger charge is -2.40. The lowest BCUT2D eigenvalue weighted by Crippen LogP contribution is -2.45. The number of halogens is 2. The maximum atomic E-state index is 6.29. The molecular formula is C17H25Cl2NO. The first-order chi connectivity index (χ1) is 10.1. The fourth-order valence-electron chi connectivity index (χ4n) is 3.56. The molecule has 1 aromatic carbocycles. The van der Waals surface area contributed by atoms with Gasteiger partial charge in [-0.15, -0.1) is 0 Å². The minimum atomic E-state index is -0.142. The fourth-order valence-corrected chi connectivity index (χ4v) is 3.86. The molecular weight excluding hydrogens is 305 g/mol. The Hall–Kier alpha value is -0.280. The van der Waals surface area contributed by atoms with Crippen LogP contribution in [0.1, 0.15) is 57.1 Å². The van der Waals surface area contributed by atoms with Gasteiger partial charge in [-0.1, -0.05) is 55.0 Å². The molecule has 0 saturated heterocycles. The summed E-state index contributed by atoms with van der Waals surface area (Å²) < 4.78 is 6.29. The lowest BCUT2D eigenvalue weighted by atomic mass is 9.82. The molecule has 1 atom stereocenters. The quantitative estimate of drug-likeness (QED) is 0.732. The number of ether oxygens (including phenoxy) is 1. The normalized spacial score (nSPS) is 20.0. The van der Waals surface area contributed by atoms with Gasteiger partial charge in [0.05, 0.1) is 21.7 Å². The van der Waals surface area contributed by atoms with E-state index in [1.165, 1.54) is 25.7 Å². The summed E-state index contributed by atoms with van der Waals surface area (Å²) in [5, 5.41) is 4.67. The molecule has 1 fully saturated rings. The van der Waals surface area contributed by atoms with E-state index in [9.17, 15) is 0 Å². The monoisotopic (exact) mass is 329 g/mol. The van der Waals surface area contributed by atoms with Crippen molar-refractivity contribution < 1.29 is 4.74 Å². The molecule has 4 heteroatoms. The molecule has 1 aromatic rings. The molecule has 1 aliphatic rings. The zero-order valence-corrected chi connectivity index (χ0v) is 14.4. The van der Waals surface area contributed by atoms with Crippen LogP contribution in [0.5, 0.6) is 0 Å². The van der Waals surface area contributed by atoms with Crippen molar-refractivity contribution in [3.8, 4) is 0 Å². The van der Waals surface area contributed by atoms with Crippen LogP contribution in [0.4, 0.5) is 0 Å². The van der Waals surface area contributed by atoms with Gasteiger partial charge in [0.15, 0.2) is 0 Å². The molecule has 2 rings (SSSR count). The molecule has 21 heavy (non-hydrogen) atoms. The SMILES string of the molecule is CCOC1(C(NC)c2ccc(Cl)c(Cl)c2)CCCCCC1. The van der Waals surface area contributed by atoms with Gasteiger partial charge in [-0.05, 0) is 44.5 Å². The topological polar surface area (TPSA) is 21.3 Å². The van der Waals surface area contributed by atoms with Crippen molar-refractivity contribution in [2.75, 3.05) is 13.7 Å². The smallest absolute Gasteiger partial charge is 0.0876 e. The van der Waals surface area contributed by atoms with Gasteiger partial charge < -0.3 is 10.1 Å². The van der Waals surface area contributed by atoms with E-state index in [1.54, 1.807) is 0 Å². The van der Waals surface area contributed by atoms with Crippen molar-refractivity contribution in [3.05, 3.63) is 33.8 Å². The van der Waals surface area contributed by atoms with Crippen LogP contribution in [0.2, 0.25) is 10.0 Å². The number of likely N-dealkylation sites (N-methyl/N-ethyl adjacent to an activating group) is 1. The highest BCUT2D eigenvalue weighted by Gasteiger charge is 2.40. The molecule has 0 aliphatic heterocycles. The van der Waals surface area contributed by atoms with Gasteiger partial charge in [0.2, 0.25) is 0 Å². The zero-order valence-electron chi connectivity index (χ0n) is 12.9. The molecule has 0 amide bonds. The Balaban J connectivity index is 2.36. The van der Waals surface area contributed by atoms with Gasteiger partial charge in [-0.25, -0.2) is 0 Å². The molecule has 1 N–H and O–H groups in total. The molecule has 1 aliphatic carbocycles. The molecule has 0 heterocycles. The van der Waals surface area contributed by atoms with Crippen molar-refractivity contribution in [1.82, 2.24) is 5.32 Å². The second-order valence-electron chi connectivity index (χ2n) is 5.81. The Morgan fingerprint density at radius 3 is 2.33 bits per heavy atom. The summed E-state index contributed by atoms with van der Waals surface area (Å²) in [6.07, 6.45) is 7.22. The van der Waals surface area contributed by atoms with E-state index in [2.05, 4.69) is 18.3 Å². The van der Waals surface area contributed by atoms with E-state index in [0.717, 1.165) is 25.0 Å². The van der Waals surface area contributed by atoms with Crippen molar-refractivity contribution in [3.63, 3.8) is 0 Å². The Morgan fingerprint density at radius 2 is 1.81 bits per heavy atom. The summed E-state index contributed by atoms with van der Waals surface area (Å²) in [5.74, 6) is 0. The lowest BCUT2D eigenvalue weighted by molar-refractivity contribution is -0.0766. The van der Waals surface area contributed by atoms with Gasteiger partial charge in [0.1, 0.15) is 0 Å². The molecule has 118 valence electrons. The van der Waals surface area contributed by atoms with Gasteiger partial charge in [-0.2, -0.15) is 0 Å². The summed E-state index contributed by atoms with van der Waals surface area (Å²) in [7, 11) is 2.00. The van der Waals surface area contributed by atoms with E-state index in [4.69, 9.17) is 27.9 Å². The van der Waals surface area contributed by atoms with Crippen LogP contribution in [0.15, 0.2) is 18.2 Å². The summed E-state index contributed by atoms with van der Waals surface area (Å²) in [5.41, 5.74) is 1.01. The van der Waals surface area contributed by atoms with Crippen LogP contribution in [0.3, 0.4) is 0 Å². The highest BCUT2D eigenvalue weighted by Crippen LogP contribution is 2.41. The predicted molar refractivity (Wildman–Crippen MR) is 90.3 cm³/mol. The minimum Gasteiger partial charge on any atom is -0.373 e. The molecule has 1 saturated carbocycles. The number of benzene rings is 1. The third kappa shape index (κ3) is 3.92. The Kier molecular flexibility index (Phi) is 6.36. The van der Waals surface area contributed by atoms with Gasteiger partial charge in [0, 0.05) is 6.61 Å². The van der Waals surface area contributed by atoms with Crippen LogP contribution >= 0.6 is 23.2 Å². The first kappa shape index (κ1) is 17.1. The van der Waals surface area contributed by atoms with E-state index >= 15 is 0 Å². The Labute approximate surface area is 138 Å². The van der Waals surface area contributed by atoms with Crippen LogP contribution in [-0.2, 0) is 4.74 Å². The van der Waals surface area contributed by atoms with E-state index in [0.29, 0.717) is 10.0 Å². The Morgan fingerprint density at radius 1 is 1.14 bits per heavy atom. The van der Waals surface area contributed by atoms with E-state index in [1.807, 2.05) is 19.2 Å². The number of hydrogen-bond acceptors (Lipinski definition) is 2. The fraction of sp³-hybridized carbons (Fsp3) is 0.647. The third-order valence-electron chi connectivity index (χ3n) is 4.47. The van der Waals surface area contributed by atoms with Crippen LogP contribution < -0.4 is 5.32 Å². The molecule has 1 unspecified atom stereocenters. The predicted octanol–water partition coefficient (Wildman–Crippen LogP) is 5.38. The van der Waals surface area contributed by atoms with E-state index < -0.39 is 0 Å². The van der Waals surface area contributed by atoms with Gasteiger partial charge >= 0.3 is 0 Å². The second-order valence-corrected chi connectivity index (χ2v) is 6.62. The molecule has 0 bridgehead atoms. The van der Waals surface area contributed by atoms with Crippen molar-refractivity contribution >= 4 is 23.2 Å². The highest BCUT2D eigenvalue weighted by molar-refractivity contribution is 6.42. The van der Waals surface area contributed by atoms with Crippen molar-refractivity contribution in [2.24, 2.45) is 0 Å².